The molecule has 0 aromatic carbocycles. The van der Waals surface area contributed by atoms with Gasteiger partial charge in [0.2, 0.25) is 5.89 Å². The van der Waals surface area contributed by atoms with Crippen LogP contribution in [-0.4, -0.2) is 46.3 Å². The molecule has 5 rings (SSSR count). The molecule has 1 aliphatic heterocycles. The summed E-state index contributed by atoms with van der Waals surface area (Å²) in [6, 6.07) is 7.28. The van der Waals surface area contributed by atoms with Crippen LogP contribution in [0.25, 0.3) is 17.0 Å². The molecule has 0 unspecified atom stereocenters. The van der Waals surface area contributed by atoms with E-state index < -0.39 is 21.2 Å². The van der Waals surface area contributed by atoms with Gasteiger partial charge in [0.15, 0.2) is 5.69 Å². The number of rotatable bonds is 5. The van der Waals surface area contributed by atoms with Gasteiger partial charge in [0.1, 0.15) is 6.26 Å². The average molecular weight is 509 g/mol. The van der Waals surface area contributed by atoms with Gasteiger partial charge < -0.3 is 14.8 Å². The number of aryl methyl sites for hydroxylation is 1. The summed E-state index contributed by atoms with van der Waals surface area (Å²) in [5.74, 6) is 0.719. The van der Waals surface area contributed by atoms with Gasteiger partial charge in [-0.3, -0.25) is 14.6 Å². The van der Waals surface area contributed by atoms with Crippen molar-refractivity contribution in [3.8, 4) is 11.5 Å². The topological polar surface area (TPSA) is 146 Å². The summed E-state index contributed by atoms with van der Waals surface area (Å²) < 4.78 is 27.1. The van der Waals surface area contributed by atoms with Crippen molar-refractivity contribution in [3.05, 3.63) is 65.6 Å². The van der Waals surface area contributed by atoms with Gasteiger partial charge in [-0.25, -0.2) is 13.7 Å². The highest BCUT2D eigenvalue weighted by Crippen LogP contribution is 2.33. The number of anilines is 1. The molecule has 1 fully saturated rings. The monoisotopic (exact) mass is 508 g/mol. The van der Waals surface area contributed by atoms with Gasteiger partial charge in [-0.1, -0.05) is 0 Å². The van der Waals surface area contributed by atoms with E-state index in [1.54, 1.807) is 42.9 Å². The summed E-state index contributed by atoms with van der Waals surface area (Å²) in [6.07, 6.45) is 5.96. The quantitative estimate of drug-likeness (QED) is 0.368. The van der Waals surface area contributed by atoms with Crippen molar-refractivity contribution in [2.75, 3.05) is 16.8 Å². The molecule has 11 heteroatoms. The van der Waals surface area contributed by atoms with Crippen LogP contribution in [0.2, 0.25) is 0 Å². The number of hydrogen-bond donors (Lipinski definition) is 3. The molecule has 4 aromatic heterocycles. The molecule has 1 aliphatic rings. The lowest BCUT2D eigenvalue weighted by Crippen LogP contribution is -2.22. The first-order valence-corrected chi connectivity index (χ1v) is 13.6. The van der Waals surface area contributed by atoms with E-state index >= 15 is 0 Å². The van der Waals surface area contributed by atoms with Gasteiger partial charge in [0, 0.05) is 56.4 Å². The lowest BCUT2D eigenvalue weighted by molar-refractivity contribution is 0.0787. The van der Waals surface area contributed by atoms with Crippen molar-refractivity contribution in [3.63, 3.8) is 0 Å². The minimum Gasteiger partial charge on any atom is -0.444 e. The summed E-state index contributed by atoms with van der Waals surface area (Å²) >= 11 is 0. The molecule has 10 nitrogen and oxygen atoms in total. The Morgan fingerprint density at radius 2 is 2.03 bits per heavy atom. The normalized spacial score (nSPS) is 20.5. The fourth-order valence-corrected chi connectivity index (χ4v) is 5.97. The number of amides is 1. The predicted octanol–water partition coefficient (Wildman–Crippen LogP) is 4.10. The molecule has 0 spiro atoms. The SMILES string of the molecule is Cc1cc(-c2nc(C(=O)Nc3cc4cc(C5CCS(=N)(=O)CC5)nn4cc3C(C)(C)O)co2)ccn1. The minimum atomic E-state index is -2.48. The van der Waals surface area contributed by atoms with Crippen LogP contribution in [0.15, 0.2) is 47.3 Å². The molecular formula is C25H28N6O4S. The molecule has 0 saturated carbocycles. The summed E-state index contributed by atoms with van der Waals surface area (Å²) in [5.41, 5.74) is 2.91. The maximum absolute atomic E-state index is 13.1. The Morgan fingerprint density at radius 1 is 1.28 bits per heavy atom. The van der Waals surface area contributed by atoms with E-state index in [0.29, 0.717) is 41.5 Å². The highest BCUT2D eigenvalue weighted by atomic mass is 32.2. The minimum absolute atomic E-state index is 0.108. The summed E-state index contributed by atoms with van der Waals surface area (Å²) in [6.45, 7) is 5.14. The van der Waals surface area contributed by atoms with Crippen molar-refractivity contribution >= 4 is 26.8 Å². The number of nitrogens with zero attached hydrogens (tertiary/aromatic N) is 4. The number of hydrogen-bond acceptors (Lipinski definition) is 8. The summed E-state index contributed by atoms with van der Waals surface area (Å²) in [4.78, 5) is 21.5. The Labute approximate surface area is 208 Å². The molecule has 1 saturated heterocycles. The zero-order valence-corrected chi connectivity index (χ0v) is 21.1. The summed E-state index contributed by atoms with van der Waals surface area (Å²) in [7, 11) is -2.48. The zero-order chi connectivity index (χ0) is 25.7. The molecule has 36 heavy (non-hydrogen) atoms. The summed E-state index contributed by atoms with van der Waals surface area (Å²) in [5, 5.41) is 18.4. The van der Waals surface area contributed by atoms with Gasteiger partial charge in [0.25, 0.3) is 5.91 Å². The van der Waals surface area contributed by atoms with Crippen LogP contribution in [0.5, 0.6) is 0 Å². The van der Waals surface area contributed by atoms with E-state index in [9.17, 15) is 14.1 Å². The van der Waals surface area contributed by atoms with Crippen LogP contribution in [0.3, 0.4) is 0 Å². The molecule has 0 aliphatic carbocycles. The first-order chi connectivity index (χ1) is 17.0. The highest BCUT2D eigenvalue weighted by Gasteiger charge is 2.27. The van der Waals surface area contributed by atoms with Crippen LogP contribution in [0.4, 0.5) is 5.69 Å². The molecule has 188 valence electrons. The first kappa shape index (κ1) is 24.1. The van der Waals surface area contributed by atoms with E-state index in [1.807, 2.05) is 19.1 Å². The Morgan fingerprint density at radius 3 is 2.72 bits per heavy atom. The largest absolute Gasteiger partial charge is 0.444 e. The molecule has 4 aromatic rings. The third kappa shape index (κ3) is 4.89. The zero-order valence-electron chi connectivity index (χ0n) is 20.3. The fraction of sp³-hybridized carbons (Fsp3) is 0.360. The maximum Gasteiger partial charge on any atom is 0.277 e. The second-order valence-corrected chi connectivity index (χ2v) is 12.2. The van der Waals surface area contributed by atoms with Gasteiger partial charge in [0.05, 0.1) is 22.5 Å². The van der Waals surface area contributed by atoms with Gasteiger partial charge in [-0.15, -0.1) is 0 Å². The van der Waals surface area contributed by atoms with Crippen molar-refractivity contribution in [2.45, 2.75) is 45.1 Å². The highest BCUT2D eigenvalue weighted by molar-refractivity contribution is 7.92. The van der Waals surface area contributed by atoms with E-state index in [1.165, 1.54) is 6.26 Å². The van der Waals surface area contributed by atoms with Gasteiger partial charge >= 0.3 is 0 Å². The second-order valence-electron chi connectivity index (χ2n) is 9.77. The Bertz CT molecular complexity index is 1550. The van der Waals surface area contributed by atoms with Crippen LogP contribution in [0, 0.1) is 11.7 Å². The van der Waals surface area contributed by atoms with Crippen molar-refractivity contribution in [1.82, 2.24) is 19.6 Å². The molecule has 0 atom stereocenters. The van der Waals surface area contributed by atoms with Crippen LogP contribution in [0.1, 0.15) is 60.0 Å². The Hall–Kier alpha value is -3.57. The smallest absolute Gasteiger partial charge is 0.277 e. The first-order valence-electron chi connectivity index (χ1n) is 11.7. The van der Waals surface area contributed by atoms with Crippen LogP contribution in [-0.2, 0) is 15.3 Å². The van der Waals surface area contributed by atoms with Gasteiger partial charge in [-0.05, 0) is 57.9 Å². The Balaban J connectivity index is 1.44. The number of oxazole rings is 1. The number of carbonyl (C=O) groups excluding carboxylic acids is 1. The lowest BCUT2D eigenvalue weighted by Gasteiger charge is -2.22. The molecular weight excluding hydrogens is 480 g/mol. The van der Waals surface area contributed by atoms with Crippen LogP contribution < -0.4 is 5.32 Å². The molecule has 5 heterocycles. The van der Waals surface area contributed by atoms with Crippen molar-refractivity contribution in [2.24, 2.45) is 0 Å². The molecule has 1 amide bonds. The Kier molecular flexibility index (Phi) is 5.92. The number of carbonyl (C=O) groups is 1. The van der Waals surface area contributed by atoms with Gasteiger partial charge in [-0.2, -0.15) is 5.10 Å². The van der Waals surface area contributed by atoms with Crippen LogP contribution >= 0.6 is 0 Å². The van der Waals surface area contributed by atoms with E-state index in [0.717, 1.165) is 22.5 Å². The van der Waals surface area contributed by atoms with E-state index in [-0.39, 0.29) is 11.6 Å². The number of aromatic nitrogens is 4. The number of nitrogens with one attached hydrogen (secondary N) is 2. The van der Waals surface area contributed by atoms with Crippen molar-refractivity contribution in [1.29, 1.82) is 4.78 Å². The second kappa shape index (κ2) is 8.82. The fourth-order valence-electron chi connectivity index (χ4n) is 4.43. The van der Waals surface area contributed by atoms with E-state index in [4.69, 9.17) is 9.20 Å². The number of fused-ring (bicyclic) bond motifs is 1. The lowest BCUT2D eigenvalue weighted by atomic mass is 9.97. The molecule has 3 N–H and O–H groups in total. The predicted molar refractivity (Wildman–Crippen MR) is 135 cm³/mol. The maximum atomic E-state index is 13.1. The third-order valence-corrected chi connectivity index (χ3v) is 8.21. The third-order valence-electron chi connectivity index (χ3n) is 6.42. The molecule has 0 bridgehead atoms. The number of aliphatic hydroxyl groups is 1. The molecule has 0 radical (unpaired) electrons. The number of pyridine rings is 2. The average Bonchev–Trinajstić information content (AvgIpc) is 3.45. The standard InChI is InChI=1S/C25H28N6O4S/c1-15-10-17(4-7-27-15)24-29-22(14-35-24)23(32)28-21-12-18-11-20(16-5-8-36(26,34)9-6-16)30-31(18)13-19(21)25(2,3)33/h4,7,10-14,16,26,33H,5-6,8-9H2,1-3H3,(H,28,32). The van der Waals surface area contributed by atoms with E-state index in [2.05, 4.69) is 20.4 Å². The van der Waals surface area contributed by atoms with Crippen molar-refractivity contribution < 1.29 is 18.5 Å².